The standard InChI is InChI=1S/C25H25N2O3/c1-25(12-13-25)22-16-19(21-5-4-14-26-24(21)28)15-18(23(22)30-3)9-6-17-7-10-20(11-8-17)27(2)29/h4-11,14-16H,12-13H2,1-3H3,(H,26,28)/q-1/b9-6+. The van der Waals surface area contributed by atoms with Crippen molar-refractivity contribution in [3.63, 3.8) is 0 Å². The lowest BCUT2D eigenvalue weighted by Gasteiger charge is -2.24. The van der Waals surface area contributed by atoms with Gasteiger partial charge in [-0.25, -0.2) is 0 Å². The van der Waals surface area contributed by atoms with Gasteiger partial charge in [-0.15, -0.1) is 0 Å². The molecule has 1 saturated carbocycles. The predicted octanol–water partition coefficient (Wildman–Crippen LogP) is 5.21. The lowest BCUT2D eigenvalue weighted by molar-refractivity contribution is 0.404. The summed E-state index contributed by atoms with van der Waals surface area (Å²) >= 11 is 0. The van der Waals surface area contributed by atoms with Crippen LogP contribution in [0.2, 0.25) is 0 Å². The number of benzene rings is 2. The second-order valence-corrected chi connectivity index (χ2v) is 8.04. The highest BCUT2D eigenvalue weighted by Gasteiger charge is 2.42. The van der Waals surface area contributed by atoms with Gasteiger partial charge in [-0.05, 0) is 72.8 Å². The van der Waals surface area contributed by atoms with E-state index in [4.69, 9.17) is 4.74 Å². The molecule has 0 amide bonds. The molecule has 1 aliphatic carbocycles. The Kier molecular flexibility index (Phi) is 5.22. The molecule has 4 rings (SSSR count). The minimum atomic E-state index is -0.109. The molecule has 1 fully saturated rings. The zero-order valence-corrected chi connectivity index (χ0v) is 17.4. The molecule has 0 radical (unpaired) electrons. The molecule has 1 N–H and O–H groups in total. The predicted molar refractivity (Wildman–Crippen MR) is 123 cm³/mol. The van der Waals surface area contributed by atoms with Gasteiger partial charge in [0.05, 0.1) is 7.11 Å². The number of ether oxygens (including phenoxy) is 1. The normalized spacial score (nSPS) is 14.7. The van der Waals surface area contributed by atoms with Crippen molar-refractivity contribution in [2.24, 2.45) is 0 Å². The van der Waals surface area contributed by atoms with Crippen LogP contribution < -0.4 is 15.4 Å². The number of aromatic nitrogens is 1. The van der Waals surface area contributed by atoms with Gasteiger partial charge in [0.15, 0.2) is 0 Å². The van der Waals surface area contributed by atoms with Gasteiger partial charge in [0.2, 0.25) is 0 Å². The average molecular weight is 401 g/mol. The first-order valence-electron chi connectivity index (χ1n) is 10.0. The van der Waals surface area contributed by atoms with Gasteiger partial charge >= 0.3 is 0 Å². The molecule has 30 heavy (non-hydrogen) atoms. The summed E-state index contributed by atoms with van der Waals surface area (Å²) in [5, 5.41) is 12.2. The first-order chi connectivity index (χ1) is 14.4. The Bertz CT molecular complexity index is 1140. The van der Waals surface area contributed by atoms with E-state index < -0.39 is 0 Å². The number of hydrogen-bond acceptors (Lipinski definition) is 4. The smallest absolute Gasteiger partial charge is 0.255 e. The van der Waals surface area contributed by atoms with Crippen LogP contribution in [-0.4, -0.2) is 19.1 Å². The number of anilines is 1. The Hall–Kier alpha value is -3.31. The molecular formula is C25H25N2O3-. The minimum absolute atomic E-state index is 0.0752. The second kappa shape index (κ2) is 7.84. The Morgan fingerprint density at radius 1 is 1.13 bits per heavy atom. The van der Waals surface area contributed by atoms with Gasteiger partial charge in [0.25, 0.3) is 5.56 Å². The largest absolute Gasteiger partial charge is 0.758 e. The summed E-state index contributed by atoms with van der Waals surface area (Å²) in [6.45, 7) is 2.23. The van der Waals surface area contributed by atoms with E-state index >= 15 is 0 Å². The highest BCUT2D eigenvalue weighted by atomic mass is 16.5. The molecule has 0 unspecified atom stereocenters. The molecule has 3 aromatic rings. The van der Waals surface area contributed by atoms with Gasteiger partial charge < -0.3 is 20.0 Å². The molecule has 0 bridgehead atoms. The van der Waals surface area contributed by atoms with Crippen LogP contribution in [-0.2, 0) is 5.41 Å². The van der Waals surface area contributed by atoms with Crippen LogP contribution in [0.1, 0.15) is 36.5 Å². The average Bonchev–Trinajstić information content (AvgIpc) is 3.50. The van der Waals surface area contributed by atoms with Crippen molar-refractivity contribution in [2.75, 3.05) is 19.2 Å². The summed E-state index contributed by atoms with van der Waals surface area (Å²) in [4.78, 5) is 15.2. The molecule has 5 nitrogen and oxygen atoms in total. The number of methoxy groups -OCH3 is 1. The van der Waals surface area contributed by atoms with Crippen molar-refractivity contribution in [3.8, 4) is 16.9 Å². The molecule has 0 atom stereocenters. The van der Waals surface area contributed by atoms with Crippen molar-refractivity contribution in [1.29, 1.82) is 0 Å². The van der Waals surface area contributed by atoms with Crippen LogP contribution in [0, 0.1) is 5.21 Å². The summed E-state index contributed by atoms with van der Waals surface area (Å²) in [7, 11) is 3.17. The number of nitrogens with zero attached hydrogens (tertiary/aromatic N) is 1. The SMILES string of the molecule is COc1c(/C=C/c2ccc(N(C)[O-])cc2)cc(-c2ccc[nH]c2=O)cc1C1(C)CC1. The summed E-state index contributed by atoms with van der Waals surface area (Å²) in [5.41, 5.74) is 5.13. The lowest BCUT2D eigenvalue weighted by atomic mass is 9.90. The molecule has 1 aliphatic rings. The molecule has 1 aromatic heterocycles. The van der Waals surface area contributed by atoms with E-state index in [1.165, 1.54) is 7.05 Å². The Labute approximate surface area is 176 Å². The van der Waals surface area contributed by atoms with Crippen LogP contribution in [0.25, 0.3) is 23.3 Å². The van der Waals surface area contributed by atoms with Crippen LogP contribution >= 0.6 is 0 Å². The number of rotatable bonds is 6. The molecule has 0 spiro atoms. The van der Waals surface area contributed by atoms with Crippen molar-refractivity contribution >= 4 is 17.8 Å². The van der Waals surface area contributed by atoms with E-state index in [2.05, 4.69) is 18.0 Å². The molecule has 1 heterocycles. The van der Waals surface area contributed by atoms with Crippen molar-refractivity contribution in [1.82, 2.24) is 4.98 Å². The van der Waals surface area contributed by atoms with E-state index in [-0.39, 0.29) is 11.0 Å². The third-order valence-electron chi connectivity index (χ3n) is 5.81. The van der Waals surface area contributed by atoms with Crippen molar-refractivity contribution in [3.05, 3.63) is 87.0 Å². The molecule has 2 aromatic carbocycles. The second-order valence-electron chi connectivity index (χ2n) is 8.04. The zero-order valence-electron chi connectivity index (χ0n) is 17.4. The van der Waals surface area contributed by atoms with Crippen molar-refractivity contribution < 1.29 is 4.74 Å². The summed E-state index contributed by atoms with van der Waals surface area (Å²) in [6, 6.07) is 15.2. The van der Waals surface area contributed by atoms with E-state index in [9.17, 15) is 10.0 Å². The zero-order chi connectivity index (χ0) is 21.3. The first-order valence-corrected chi connectivity index (χ1v) is 10.0. The van der Waals surface area contributed by atoms with E-state index in [0.717, 1.165) is 45.9 Å². The number of aromatic amines is 1. The maximum atomic E-state index is 12.4. The van der Waals surface area contributed by atoms with Crippen LogP contribution in [0.15, 0.2) is 59.5 Å². The molecular weight excluding hydrogens is 376 g/mol. The highest BCUT2D eigenvalue weighted by Crippen LogP contribution is 2.52. The number of hydroxylamine groups is 1. The fourth-order valence-electron chi connectivity index (χ4n) is 3.69. The van der Waals surface area contributed by atoms with Crippen molar-refractivity contribution in [2.45, 2.75) is 25.2 Å². The highest BCUT2D eigenvalue weighted by molar-refractivity contribution is 5.79. The third kappa shape index (κ3) is 3.89. The quantitative estimate of drug-likeness (QED) is 0.455. The van der Waals surface area contributed by atoms with E-state index in [1.807, 2.05) is 42.5 Å². The van der Waals surface area contributed by atoms with Crippen LogP contribution in [0.4, 0.5) is 5.69 Å². The fourth-order valence-corrected chi connectivity index (χ4v) is 3.69. The summed E-state index contributed by atoms with van der Waals surface area (Å²) < 4.78 is 5.82. The van der Waals surface area contributed by atoms with Gasteiger partial charge in [-0.1, -0.05) is 31.2 Å². The Balaban J connectivity index is 1.80. The first kappa shape index (κ1) is 20.0. The fraction of sp³-hybridized carbons (Fsp3) is 0.240. The molecule has 5 heteroatoms. The lowest BCUT2D eigenvalue weighted by Crippen LogP contribution is -2.09. The number of H-pyrrole nitrogens is 1. The topological polar surface area (TPSA) is 68.4 Å². The number of pyridine rings is 1. The number of nitrogens with one attached hydrogen (secondary N) is 1. The van der Waals surface area contributed by atoms with Gasteiger partial charge in [0.1, 0.15) is 5.75 Å². The molecule has 154 valence electrons. The van der Waals surface area contributed by atoms with Gasteiger partial charge in [0, 0.05) is 28.6 Å². The van der Waals surface area contributed by atoms with Gasteiger partial charge in [-0.2, -0.15) is 0 Å². The Morgan fingerprint density at radius 2 is 1.87 bits per heavy atom. The van der Waals surface area contributed by atoms with E-state index in [0.29, 0.717) is 11.3 Å². The van der Waals surface area contributed by atoms with Crippen LogP contribution in [0.3, 0.4) is 0 Å². The van der Waals surface area contributed by atoms with Gasteiger partial charge in [-0.3, -0.25) is 4.79 Å². The monoisotopic (exact) mass is 401 g/mol. The van der Waals surface area contributed by atoms with E-state index in [1.54, 1.807) is 25.4 Å². The maximum absolute atomic E-state index is 12.4. The Morgan fingerprint density at radius 3 is 2.47 bits per heavy atom. The maximum Gasteiger partial charge on any atom is 0.255 e. The summed E-state index contributed by atoms with van der Waals surface area (Å²) in [5.74, 6) is 0.846. The minimum Gasteiger partial charge on any atom is -0.758 e. The summed E-state index contributed by atoms with van der Waals surface area (Å²) in [6.07, 6.45) is 7.84. The molecule has 0 aliphatic heterocycles. The molecule has 0 saturated heterocycles. The van der Waals surface area contributed by atoms with Crippen LogP contribution in [0.5, 0.6) is 5.75 Å². The number of hydrogen-bond donors (Lipinski definition) is 1. The third-order valence-corrected chi connectivity index (χ3v) is 5.81.